The number of aromatic nitrogens is 2. The Morgan fingerprint density at radius 1 is 1.12 bits per heavy atom. The first-order chi connectivity index (χ1) is 7.48. The van der Waals surface area contributed by atoms with Crippen molar-refractivity contribution in [2.45, 2.75) is 11.3 Å². The fraction of sp³-hybridized carbons (Fsp3) is 0.100. The molecule has 0 N–H and O–H groups in total. The Morgan fingerprint density at radius 2 is 1.75 bits per heavy atom. The summed E-state index contributed by atoms with van der Waals surface area (Å²) in [5.41, 5.74) is -0.113. The van der Waals surface area contributed by atoms with E-state index in [1.165, 1.54) is 22.9 Å². The predicted octanol–water partition coefficient (Wildman–Crippen LogP) is 3.45. The normalized spacial score (nSPS) is 11.7. The highest BCUT2D eigenvalue weighted by molar-refractivity contribution is 7.80. The van der Waals surface area contributed by atoms with E-state index in [1.807, 2.05) is 0 Å². The van der Waals surface area contributed by atoms with Gasteiger partial charge in [-0.2, -0.15) is 13.2 Å². The van der Waals surface area contributed by atoms with E-state index in [1.54, 1.807) is 6.20 Å². The molecule has 0 bridgehead atoms. The summed E-state index contributed by atoms with van der Waals surface area (Å²) < 4.78 is 38.4. The highest BCUT2D eigenvalue weighted by atomic mass is 32.1. The molecule has 0 atom stereocenters. The van der Waals surface area contributed by atoms with Gasteiger partial charge in [0.05, 0.1) is 5.56 Å². The van der Waals surface area contributed by atoms with Crippen LogP contribution in [0.5, 0.6) is 0 Å². The van der Waals surface area contributed by atoms with E-state index >= 15 is 0 Å². The van der Waals surface area contributed by atoms with Crippen LogP contribution in [0.4, 0.5) is 13.2 Å². The summed E-state index contributed by atoms with van der Waals surface area (Å²) in [5, 5.41) is 0.319. The third-order valence-corrected chi connectivity index (χ3v) is 2.38. The van der Waals surface area contributed by atoms with E-state index in [0.717, 1.165) is 12.1 Å². The average molecular weight is 243 g/mol. The molecule has 0 fully saturated rings. The van der Waals surface area contributed by atoms with Gasteiger partial charge in [-0.15, -0.1) is 0 Å². The van der Waals surface area contributed by atoms with Crippen molar-refractivity contribution < 1.29 is 13.2 Å². The van der Waals surface area contributed by atoms with E-state index in [9.17, 15) is 13.2 Å². The van der Waals surface area contributed by atoms with Gasteiger partial charge in [0, 0.05) is 18.1 Å². The molecular formula is C10H6F3N2S. The number of hydrogen-bond donors (Lipinski definition) is 0. The van der Waals surface area contributed by atoms with Crippen molar-refractivity contribution in [1.82, 2.24) is 9.55 Å². The molecule has 1 radical (unpaired) electrons. The highest BCUT2D eigenvalue weighted by Crippen LogP contribution is 2.29. The molecule has 1 aromatic heterocycles. The maximum atomic E-state index is 12.3. The van der Waals surface area contributed by atoms with Gasteiger partial charge in [0.2, 0.25) is 5.16 Å². The second-order valence-corrected chi connectivity index (χ2v) is 3.49. The van der Waals surface area contributed by atoms with Crippen molar-refractivity contribution in [2.75, 3.05) is 0 Å². The predicted molar refractivity (Wildman–Crippen MR) is 54.4 cm³/mol. The van der Waals surface area contributed by atoms with Gasteiger partial charge in [-0.1, -0.05) is 0 Å². The van der Waals surface area contributed by atoms with E-state index < -0.39 is 11.7 Å². The number of alkyl halides is 3. The SMILES string of the molecule is FC(F)(F)c1ccc(-n2ccnc2[S])cc1. The summed E-state index contributed by atoms with van der Waals surface area (Å²) in [5.74, 6) is 0. The molecule has 0 saturated carbocycles. The lowest BCUT2D eigenvalue weighted by Gasteiger charge is -2.08. The number of nitrogens with zero attached hydrogens (tertiary/aromatic N) is 2. The lowest BCUT2D eigenvalue weighted by atomic mass is 10.2. The molecule has 6 heteroatoms. The highest BCUT2D eigenvalue weighted by Gasteiger charge is 2.29. The van der Waals surface area contributed by atoms with E-state index in [-0.39, 0.29) is 0 Å². The van der Waals surface area contributed by atoms with Crippen molar-refractivity contribution in [3.8, 4) is 5.69 Å². The van der Waals surface area contributed by atoms with Crippen LogP contribution >= 0.6 is 12.6 Å². The number of rotatable bonds is 1. The monoisotopic (exact) mass is 243 g/mol. The summed E-state index contributed by atoms with van der Waals surface area (Å²) in [7, 11) is 0. The van der Waals surface area contributed by atoms with E-state index in [0.29, 0.717) is 10.8 Å². The number of hydrogen-bond acceptors (Lipinski definition) is 1. The molecule has 1 aromatic carbocycles. The van der Waals surface area contributed by atoms with Crippen molar-refractivity contribution in [3.05, 3.63) is 42.2 Å². The lowest BCUT2D eigenvalue weighted by Crippen LogP contribution is -2.04. The third kappa shape index (κ3) is 2.01. The molecule has 83 valence electrons. The Bertz CT molecular complexity index is 488. The zero-order chi connectivity index (χ0) is 11.8. The van der Waals surface area contributed by atoms with Crippen LogP contribution in [0.3, 0.4) is 0 Å². The Balaban J connectivity index is 2.37. The van der Waals surface area contributed by atoms with E-state index in [2.05, 4.69) is 4.98 Å². The van der Waals surface area contributed by atoms with Crippen LogP contribution in [-0.2, 0) is 6.18 Å². The van der Waals surface area contributed by atoms with Crippen molar-refractivity contribution in [3.63, 3.8) is 0 Å². The fourth-order valence-electron chi connectivity index (χ4n) is 1.30. The van der Waals surface area contributed by atoms with Gasteiger partial charge < -0.3 is 0 Å². The zero-order valence-corrected chi connectivity index (χ0v) is 8.72. The Morgan fingerprint density at radius 3 is 2.19 bits per heavy atom. The largest absolute Gasteiger partial charge is 0.416 e. The molecule has 0 amide bonds. The maximum Gasteiger partial charge on any atom is 0.416 e. The fourth-order valence-corrected chi connectivity index (χ4v) is 1.52. The summed E-state index contributed by atoms with van der Waals surface area (Å²) in [6.45, 7) is 0. The van der Waals surface area contributed by atoms with E-state index in [4.69, 9.17) is 12.6 Å². The standard InChI is InChI=1S/C10H6F3N2S/c11-10(12,13)7-1-3-8(4-2-7)15-6-5-14-9(15)16/h1-6H. The summed E-state index contributed by atoms with van der Waals surface area (Å²) in [6, 6.07) is 4.76. The first kappa shape index (κ1) is 10.9. The molecular weight excluding hydrogens is 237 g/mol. The number of imidazole rings is 1. The van der Waals surface area contributed by atoms with Crippen LogP contribution in [-0.4, -0.2) is 9.55 Å². The van der Waals surface area contributed by atoms with Gasteiger partial charge in [0.25, 0.3) is 0 Å². The van der Waals surface area contributed by atoms with Crippen molar-refractivity contribution in [2.24, 2.45) is 0 Å². The Labute approximate surface area is 95.1 Å². The molecule has 0 saturated heterocycles. The van der Waals surface area contributed by atoms with Crippen LogP contribution in [0, 0.1) is 0 Å². The number of benzene rings is 1. The van der Waals surface area contributed by atoms with Gasteiger partial charge in [-0.05, 0) is 36.9 Å². The van der Waals surface area contributed by atoms with Crippen LogP contribution in [0.1, 0.15) is 5.56 Å². The second-order valence-electron chi connectivity index (χ2n) is 3.12. The van der Waals surface area contributed by atoms with Gasteiger partial charge in [-0.3, -0.25) is 4.57 Å². The van der Waals surface area contributed by atoms with Crippen LogP contribution in [0.25, 0.3) is 5.69 Å². The lowest BCUT2D eigenvalue weighted by molar-refractivity contribution is -0.137. The smallest absolute Gasteiger partial charge is 0.291 e. The van der Waals surface area contributed by atoms with Gasteiger partial charge in [0.15, 0.2) is 0 Å². The first-order valence-corrected chi connectivity index (χ1v) is 4.77. The summed E-state index contributed by atoms with van der Waals surface area (Å²) in [4.78, 5) is 3.82. The average Bonchev–Trinajstić information content (AvgIpc) is 2.63. The van der Waals surface area contributed by atoms with Gasteiger partial charge in [0.1, 0.15) is 0 Å². The first-order valence-electron chi connectivity index (χ1n) is 4.36. The number of halogens is 3. The van der Waals surface area contributed by atoms with Crippen LogP contribution < -0.4 is 0 Å². The molecule has 0 unspecified atom stereocenters. The molecule has 16 heavy (non-hydrogen) atoms. The quantitative estimate of drug-likeness (QED) is 0.750. The molecule has 0 aliphatic carbocycles. The Kier molecular flexibility index (Phi) is 2.59. The minimum Gasteiger partial charge on any atom is -0.291 e. The van der Waals surface area contributed by atoms with Crippen LogP contribution in [0.15, 0.2) is 41.8 Å². The Hall–Kier alpha value is -1.56. The zero-order valence-electron chi connectivity index (χ0n) is 7.90. The maximum absolute atomic E-state index is 12.3. The molecule has 0 aliphatic rings. The molecule has 1 heterocycles. The molecule has 0 aliphatic heterocycles. The third-order valence-electron chi connectivity index (χ3n) is 2.08. The second kappa shape index (κ2) is 3.79. The minimum absolute atomic E-state index is 0.319. The molecule has 2 rings (SSSR count). The van der Waals surface area contributed by atoms with Crippen molar-refractivity contribution >= 4 is 12.6 Å². The van der Waals surface area contributed by atoms with Gasteiger partial charge in [-0.25, -0.2) is 4.98 Å². The van der Waals surface area contributed by atoms with Crippen LogP contribution in [0.2, 0.25) is 0 Å². The van der Waals surface area contributed by atoms with Gasteiger partial charge >= 0.3 is 6.18 Å². The topological polar surface area (TPSA) is 17.8 Å². The minimum atomic E-state index is -4.32. The summed E-state index contributed by atoms with van der Waals surface area (Å²) >= 11 is 4.90. The molecule has 0 spiro atoms. The van der Waals surface area contributed by atoms with Crippen molar-refractivity contribution in [1.29, 1.82) is 0 Å². The molecule has 2 aromatic rings. The molecule has 2 nitrogen and oxygen atoms in total. The summed E-state index contributed by atoms with van der Waals surface area (Å²) in [6.07, 6.45) is -1.21.